The van der Waals surface area contributed by atoms with Gasteiger partial charge in [0.2, 0.25) is 0 Å². The van der Waals surface area contributed by atoms with Gasteiger partial charge in [-0.05, 0) is 29.8 Å². The Labute approximate surface area is 125 Å². The normalized spacial score (nSPS) is 11.9. The zero-order chi connectivity index (χ0) is 14.4. The zero-order valence-electron chi connectivity index (χ0n) is 11.5. The van der Waals surface area contributed by atoms with E-state index in [0.717, 1.165) is 21.4 Å². The van der Waals surface area contributed by atoms with Crippen molar-refractivity contribution in [2.45, 2.75) is 40.0 Å². The number of rotatable bonds is 1. The number of aryl methyl sites for hydroxylation is 2. The average molecular weight is 345 g/mol. The molecular formula is C13H15BrClN3O. The molecule has 4 nitrogen and oxygen atoms in total. The van der Waals surface area contributed by atoms with Gasteiger partial charge in [0.15, 0.2) is 5.82 Å². The van der Waals surface area contributed by atoms with Crippen LogP contribution < -0.4 is 0 Å². The lowest BCUT2D eigenvalue weighted by Gasteiger charge is -2.20. The van der Waals surface area contributed by atoms with Crippen molar-refractivity contribution in [3.05, 3.63) is 26.8 Å². The van der Waals surface area contributed by atoms with Crippen LogP contribution in [0.25, 0.3) is 11.4 Å². The van der Waals surface area contributed by atoms with E-state index in [9.17, 15) is 0 Å². The third-order valence-corrected chi connectivity index (χ3v) is 4.03. The van der Waals surface area contributed by atoms with Gasteiger partial charge in [0.25, 0.3) is 0 Å². The second-order valence-electron chi connectivity index (χ2n) is 5.45. The first-order chi connectivity index (χ1) is 8.71. The molecular weight excluding hydrogens is 330 g/mol. The number of aromatic nitrogens is 3. The Morgan fingerprint density at radius 2 is 1.79 bits per heavy atom. The zero-order valence-corrected chi connectivity index (χ0v) is 13.8. The summed E-state index contributed by atoms with van der Waals surface area (Å²) in [6.45, 7) is 9.93. The predicted molar refractivity (Wildman–Crippen MR) is 78.4 cm³/mol. The highest BCUT2D eigenvalue weighted by Gasteiger charge is 2.25. The molecule has 0 N–H and O–H groups in total. The molecule has 0 unspecified atom stereocenters. The van der Waals surface area contributed by atoms with Crippen LogP contribution in [0, 0.1) is 13.8 Å². The first-order valence-electron chi connectivity index (χ1n) is 5.88. The van der Waals surface area contributed by atoms with Gasteiger partial charge in [0, 0.05) is 5.41 Å². The summed E-state index contributed by atoms with van der Waals surface area (Å²) in [5.74, 6) is 1.24. The van der Waals surface area contributed by atoms with Crippen molar-refractivity contribution in [3.63, 3.8) is 0 Å². The standard InChI is InChI=1S/C13H15BrClN3O/c1-6-8(7(2)19-18-6)12-16-10(13(3,4)5)9(14)11(15)17-12/h1-5H3. The highest BCUT2D eigenvalue weighted by Crippen LogP contribution is 2.35. The highest BCUT2D eigenvalue weighted by atomic mass is 79.9. The van der Waals surface area contributed by atoms with Crippen LogP contribution in [-0.2, 0) is 5.41 Å². The molecule has 0 aliphatic heterocycles. The monoisotopic (exact) mass is 343 g/mol. The molecule has 0 aliphatic rings. The van der Waals surface area contributed by atoms with Gasteiger partial charge in [-0.15, -0.1) is 0 Å². The largest absolute Gasteiger partial charge is 0.361 e. The Bertz CT molecular complexity index is 612. The lowest BCUT2D eigenvalue weighted by Crippen LogP contribution is -2.16. The third kappa shape index (κ3) is 2.67. The topological polar surface area (TPSA) is 51.8 Å². The molecule has 0 aromatic carbocycles. The molecule has 0 aliphatic carbocycles. The Kier molecular flexibility index (Phi) is 3.71. The van der Waals surface area contributed by atoms with Gasteiger partial charge in [-0.1, -0.05) is 37.5 Å². The van der Waals surface area contributed by atoms with E-state index in [4.69, 9.17) is 16.1 Å². The number of halogens is 2. The Hall–Kier alpha value is -0.940. The minimum Gasteiger partial charge on any atom is -0.361 e. The molecule has 2 aromatic rings. The van der Waals surface area contributed by atoms with E-state index >= 15 is 0 Å². The van der Waals surface area contributed by atoms with Gasteiger partial charge in [0.1, 0.15) is 10.9 Å². The van der Waals surface area contributed by atoms with E-state index in [1.54, 1.807) is 0 Å². The smallest absolute Gasteiger partial charge is 0.166 e. The maximum atomic E-state index is 6.20. The maximum absolute atomic E-state index is 6.20. The van der Waals surface area contributed by atoms with Gasteiger partial charge in [0.05, 0.1) is 21.4 Å². The third-order valence-electron chi connectivity index (χ3n) is 2.78. The molecule has 0 spiro atoms. The van der Waals surface area contributed by atoms with Gasteiger partial charge >= 0.3 is 0 Å². The average Bonchev–Trinajstić information content (AvgIpc) is 2.61. The molecule has 0 amide bonds. The van der Waals surface area contributed by atoms with E-state index in [1.807, 2.05) is 13.8 Å². The molecule has 0 radical (unpaired) electrons. The van der Waals surface area contributed by atoms with Crippen molar-refractivity contribution in [1.29, 1.82) is 0 Å². The van der Waals surface area contributed by atoms with Gasteiger partial charge in [-0.2, -0.15) is 0 Å². The van der Waals surface area contributed by atoms with Gasteiger partial charge in [-0.3, -0.25) is 0 Å². The summed E-state index contributed by atoms with van der Waals surface area (Å²) in [4.78, 5) is 8.94. The lowest BCUT2D eigenvalue weighted by molar-refractivity contribution is 0.393. The molecule has 2 heterocycles. The summed E-state index contributed by atoms with van der Waals surface area (Å²) in [7, 11) is 0. The molecule has 102 valence electrons. The Morgan fingerprint density at radius 3 is 2.26 bits per heavy atom. The summed E-state index contributed by atoms with van der Waals surface area (Å²) in [6, 6.07) is 0. The summed E-state index contributed by atoms with van der Waals surface area (Å²) in [6.07, 6.45) is 0. The van der Waals surface area contributed by atoms with Crippen molar-refractivity contribution < 1.29 is 4.52 Å². The number of hydrogen-bond acceptors (Lipinski definition) is 4. The fourth-order valence-electron chi connectivity index (χ4n) is 1.83. The van der Waals surface area contributed by atoms with Crippen molar-refractivity contribution in [3.8, 4) is 11.4 Å². The van der Waals surface area contributed by atoms with Crippen LogP contribution in [0.2, 0.25) is 5.15 Å². The quantitative estimate of drug-likeness (QED) is 0.717. The van der Waals surface area contributed by atoms with Crippen molar-refractivity contribution >= 4 is 27.5 Å². The SMILES string of the molecule is Cc1noc(C)c1-c1nc(Cl)c(Br)c(C(C)(C)C)n1. The first-order valence-corrected chi connectivity index (χ1v) is 7.05. The fraction of sp³-hybridized carbons (Fsp3) is 0.462. The van der Waals surface area contributed by atoms with E-state index in [2.05, 4.69) is 51.8 Å². The van der Waals surface area contributed by atoms with E-state index < -0.39 is 0 Å². The summed E-state index contributed by atoms with van der Waals surface area (Å²) >= 11 is 9.65. The van der Waals surface area contributed by atoms with Crippen LogP contribution in [-0.4, -0.2) is 15.1 Å². The maximum Gasteiger partial charge on any atom is 0.166 e. The second-order valence-corrected chi connectivity index (χ2v) is 6.60. The van der Waals surface area contributed by atoms with Crippen LogP contribution >= 0.6 is 27.5 Å². The van der Waals surface area contributed by atoms with Crippen LogP contribution in [0.3, 0.4) is 0 Å². The minimum atomic E-state index is -0.140. The van der Waals surface area contributed by atoms with E-state index in [1.165, 1.54) is 0 Å². The first kappa shape index (κ1) is 14.5. The van der Waals surface area contributed by atoms with Crippen molar-refractivity contribution in [1.82, 2.24) is 15.1 Å². The summed E-state index contributed by atoms with van der Waals surface area (Å²) < 4.78 is 5.89. The summed E-state index contributed by atoms with van der Waals surface area (Å²) in [5, 5.41) is 4.32. The summed E-state index contributed by atoms with van der Waals surface area (Å²) in [5.41, 5.74) is 2.29. The van der Waals surface area contributed by atoms with Gasteiger partial charge in [-0.25, -0.2) is 9.97 Å². The number of nitrogens with zero attached hydrogens (tertiary/aromatic N) is 3. The molecule has 0 atom stereocenters. The lowest BCUT2D eigenvalue weighted by atomic mass is 9.92. The van der Waals surface area contributed by atoms with Crippen LogP contribution in [0.5, 0.6) is 0 Å². The molecule has 19 heavy (non-hydrogen) atoms. The predicted octanol–water partition coefficient (Wildman–Crippen LogP) is 4.46. The van der Waals surface area contributed by atoms with Crippen LogP contribution in [0.4, 0.5) is 0 Å². The van der Waals surface area contributed by atoms with Crippen molar-refractivity contribution in [2.24, 2.45) is 0 Å². The molecule has 0 saturated carbocycles. The van der Waals surface area contributed by atoms with Crippen molar-refractivity contribution in [2.75, 3.05) is 0 Å². The highest BCUT2D eigenvalue weighted by molar-refractivity contribution is 9.10. The Balaban J connectivity index is 2.71. The minimum absolute atomic E-state index is 0.140. The van der Waals surface area contributed by atoms with Crippen LogP contribution in [0.15, 0.2) is 9.00 Å². The van der Waals surface area contributed by atoms with E-state index in [0.29, 0.717) is 16.7 Å². The second kappa shape index (κ2) is 4.87. The van der Waals surface area contributed by atoms with Gasteiger partial charge < -0.3 is 4.52 Å². The molecule has 6 heteroatoms. The number of hydrogen-bond donors (Lipinski definition) is 0. The molecule has 0 bridgehead atoms. The molecule has 2 rings (SSSR count). The Morgan fingerprint density at radius 1 is 1.16 bits per heavy atom. The van der Waals surface area contributed by atoms with E-state index in [-0.39, 0.29) is 5.41 Å². The fourth-order valence-corrected chi connectivity index (χ4v) is 2.77. The molecule has 0 fully saturated rings. The molecule has 0 saturated heterocycles. The molecule has 2 aromatic heterocycles. The van der Waals surface area contributed by atoms with Crippen LogP contribution in [0.1, 0.15) is 37.9 Å².